The van der Waals surface area contributed by atoms with Gasteiger partial charge in [0.15, 0.2) is 5.13 Å². The van der Waals surface area contributed by atoms with E-state index in [4.69, 9.17) is 0 Å². The van der Waals surface area contributed by atoms with Crippen molar-refractivity contribution in [1.82, 2.24) is 4.98 Å². The number of fused-ring (bicyclic) bond motifs is 1. The number of nitrogens with one attached hydrogen (secondary N) is 1. The van der Waals surface area contributed by atoms with Crippen LogP contribution >= 0.6 is 11.3 Å². The second-order valence-electron chi connectivity index (χ2n) is 5.48. The third-order valence-corrected chi connectivity index (χ3v) is 4.79. The van der Waals surface area contributed by atoms with Crippen LogP contribution in [0.1, 0.15) is 31.7 Å². The Kier molecular flexibility index (Phi) is 3.98. The van der Waals surface area contributed by atoms with Gasteiger partial charge in [0, 0.05) is 12.3 Å². The van der Waals surface area contributed by atoms with Gasteiger partial charge in [-0.1, -0.05) is 37.3 Å². The number of hydrogen-bond donors (Lipinski definition) is 2. The van der Waals surface area contributed by atoms with Crippen LogP contribution in [0.25, 0.3) is 10.2 Å². The number of carbonyl (C=O) groups is 1. The van der Waals surface area contributed by atoms with Gasteiger partial charge in [0.1, 0.15) is 5.76 Å². The maximum absolute atomic E-state index is 11.5. The minimum Gasteiger partial charge on any atom is -0.508 e. The normalized spacial score (nSPS) is 20.9. The molecule has 1 heterocycles. The average molecular weight is 314 g/mol. The zero-order valence-corrected chi connectivity index (χ0v) is 13.4. The second kappa shape index (κ2) is 5.93. The number of hydrogen-bond acceptors (Lipinski definition) is 4. The van der Waals surface area contributed by atoms with Crippen LogP contribution in [-0.4, -0.2) is 16.0 Å². The topological polar surface area (TPSA) is 62.2 Å². The number of thiazole rings is 1. The highest BCUT2D eigenvalue weighted by Crippen LogP contribution is 2.35. The summed E-state index contributed by atoms with van der Waals surface area (Å²) in [5.74, 6) is 0.771. The van der Waals surface area contributed by atoms with Crippen molar-refractivity contribution in [1.29, 1.82) is 0 Å². The maximum atomic E-state index is 11.5. The monoisotopic (exact) mass is 314 g/mol. The smallest absolute Gasteiger partial charge is 0.225 e. The largest absolute Gasteiger partial charge is 0.508 e. The quantitative estimate of drug-likeness (QED) is 0.884. The molecule has 0 radical (unpaired) electrons. The van der Waals surface area contributed by atoms with Gasteiger partial charge in [-0.25, -0.2) is 4.98 Å². The standard InChI is InChI=1S/C17H18N2O2S/c1-3-16(21)19-17-18-14-7-5-11(8-15(14)22-17)13-9-12(20)6-4-10(13)2/h4-10,13,20H,3H2,1-2H3,(H,18,19,21). The van der Waals surface area contributed by atoms with Crippen LogP contribution in [-0.2, 0) is 4.79 Å². The number of aliphatic hydroxyl groups excluding tert-OH is 1. The van der Waals surface area contributed by atoms with Crippen molar-refractivity contribution in [3.05, 3.63) is 47.7 Å². The van der Waals surface area contributed by atoms with Gasteiger partial charge in [-0.2, -0.15) is 0 Å². The van der Waals surface area contributed by atoms with E-state index in [0.717, 1.165) is 15.8 Å². The Hall–Kier alpha value is -2.14. The fourth-order valence-corrected chi connectivity index (χ4v) is 3.50. The third-order valence-electron chi connectivity index (χ3n) is 3.85. The molecule has 22 heavy (non-hydrogen) atoms. The molecule has 0 fully saturated rings. The Bertz CT molecular complexity index is 776. The number of anilines is 1. The molecule has 1 aromatic heterocycles. The molecule has 1 aliphatic carbocycles. The molecule has 0 spiro atoms. The summed E-state index contributed by atoms with van der Waals surface area (Å²) in [6.07, 6.45) is 6.08. The minimum absolute atomic E-state index is 0.0295. The van der Waals surface area contributed by atoms with Crippen LogP contribution in [0, 0.1) is 5.92 Å². The zero-order chi connectivity index (χ0) is 15.7. The Balaban J connectivity index is 1.93. The number of nitrogens with zero attached hydrogens (tertiary/aromatic N) is 1. The molecule has 1 aliphatic rings. The number of carbonyl (C=O) groups excluding carboxylic acids is 1. The van der Waals surface area contributed by atoms with Crippen LogP contribution in [0.3, 0.4) is 0 Å². The van der Waals surface area contributed by atoms with Gasteiger partial charge in [0.05, 0.1) is 10.2 Å². The average Bonchev–Trinajstić information content (AvgIpc) is 2.90. The zero-order valence-electron chi connectivity index (χ0n) is 12.5. The molecular weight excluding hydrogens is 296 g/mol. The molecule has 2 aromatic rings. The summed E-state index contributed by atoms with van der Waals surface area (Å²) in [5, 5.41) is 13.2. The summed E-state index contributed by atoms with van der Waals surface area (Å²) in [5.41, 5.74) is 2.03. The molecule has 0 bridgehead atoms. The summed E-state index contributed by atoms with van der Waals surface area (Å²) in [6.45, 7) is 3.95. The summed E-state index contributed by atoms with van der Waals surface area (Å²) >= 11 is 1.48. The van der Waals surface area contributed by atoms with Crippen molar-refractivity contribution in [3.63, 3.8) is 0 Å². The lowest BCUT2D eigenvalue weighted by Crippen LogP contribution is -2.09. The van der Waals surface area contributed by atoms with Crippen LogP contribution in [0.5, 0.6) is 0 Å². The molecule has 1 amide bonds. The van der Waals surface area contributed by atoms with Crippen molar-refractivity contribution < 1.29 is 9.90 Å². The predicted molar refractivity (Wildman–Crippen MR) is 90.3 cm³/mol. The van der Waals surface area contributed by atoms with Crippen molar-refractivity contribution in [2.24, 2.45) is 5.92 Å². The van der Waals surface area contributed by atoms with Crippen molar-refractivity contribution >= 4 is 32.6 Å². The van der Waals surface area contributed by atoms with E-state index in [9.17, 15) is 9.90 Å². The van der Waals surface area contributed by atoms with Gasteiger partial charge in [-0.05, 0) is 35.8 Å². The van der Waals surface area contributed by atoms with Crippen molar-refractivity contribution in [3.8, 4) is 0 Å². The summed E-state index contributed by atoms with van der Waals surface area (Å²) < 4.78 is 1.04. The fourth-order valence-electron chi connectivity index (χ4n) is 2.57. The van der Waals surface area contributed by atoms with E-state index in [2.05, 4.69) is 23.3 Å². The molecule has 0 aliphatic heterocycles. The lowest BCUT2D eigenvalue weighted by molar-refractivity contribution is -0.115. The third kappa shape index (κ3) is 2.90. The lowest BCUT2D eigenvalue weighted by atomic mass is 9.84. The molecule has 114 valence electrons. The van der Waals surface area contributed by atoms with E-state index in [1.807, 2.05) is 31.2 Å². The van der Waals surface area contributed by atoms with Gasteiger partial charge in [0.25, 0.3) is 0 Å². The number of amides is 1. The van der Waals surface area contributed by atoms with Crippen LogP contribution in [0.4, 0.5) is 5.13 Å². The SMILES string of the molecule is CCC(=O)Nc1nc2ccc(C3C=C(O)C=CC3C)cc2s1. The molecule has 2 unspecified atom stereocenters. The van der Waals surface area contributed by atoms with Gasteiger partial charge in [-0.15, -0.1) is 0 Å². The molecule has 0 saturated carbocycles. The van der Waals surface area contributed by atoms with Gasteiger partial charge in [-0.3, -0.25) is 4.79 Å². The Labute approximate surface area is 133 Å². The highest BCUT2D eigenvalue weighted by atomic mass is 32.1. The van der Waals surface area contributed by atoms with E-state index < -0.39 is 0 Å². The molecular formula is C17H18N2O2S. The molecule has 3 rings (SSSR count). The molecule has 4 nitrogen and oxygen atoms in total. The van der Waals surface area contributed by atoms with E-state index in [1.54, 1.807) is 6.08 Å². The first-order valence-corrected chi connectivity index (χ1v) is 8.18. The number of rotatable bonds is 3. The lowest BCUT2D eigenvalue weighted by Gasteiger charge is -2.21. The second-order valence-corrected chi connectivity index (χ2v) is 6.51. The van der Waals surface area contributed by atoms with Gasteiger partial charge < -0.3 is 10.4 Å². The van der Waals surface area contributed by atoms with Gasteiger partial charge in [0.2, 0.25) is 5.91 Å². The minimum atomic E-state index is -0.0295. The molecule has 5 heteroatoms. The van der Waals surface area contributed by atoms with Crippen molar-refractivity contribution in [2.45, 2.75) is 26.2 Å². The highest BCUT2D eigenvalue weighted by molar-refractivity contribution is 7.22. The van der Waals surface area contributed by atoms with E-state index in [-0.39, 0.29) is 11.8 Å². The number of aromatic nitrogens is 1. The molecule has 2 atom stereocenters. The maximum Gasteiger partial charge on any atom is 0.225 e. The van der Waals surface area contributed by atoms with E-state index >= 15 is 0 Å². The summed E-state index contributed by atoms with van der Waals surface area (Å²) in [4.78, 5) is 15.9. The van der Waals surface area contributed by atoms with Crippen LogP contribution in [0.15, 0.2) is 42.2 Å². The predicted octanol–water partition coefficient (Wildman–Crippen LogP) is 4.38. The summed E-state index contributed by atoms with van der Waals surface area (Å²) in [7, 11) is 0. The van der Waals surface area contributed by atoms with Gasteiger partial charge >= 0.3 is 0 Å². The Morgan fingerprint density at radius 3 is 3.05 bits per heavy atom. The Morgan fingerprint density at radius 2 is 2.27 bits per heavy atom. The number of aliphatic hydroxyl groups is 1. The first kappa shape index (κ1) is 14.8. The van der Waals surface area contributed by atoms with Crippen LogP contribution in [0.2, 0.25) is 0 Å². The van der Waals surface area contributed by atoms with E-state index in [1.165, 1.54) is 11.3 Å². The molecule has 0 saturated heterocycles. The van der Waals surface area contributed by atoms with E-state index in [0.29, 0.717) is 23.2 Å². The fraction of sp³-hybridized carbons (Fsp3) is 0.294. The first-order chi connectivity index (χ1) is 10.6. The Morgan fingerprint density at radius 1 is 1.45 bits per heavy atom. The molecule has 2 N–H and O–H groups in total. The number of benzene rings is 1. The molecule has 1 aromatic carbocycles. The highest BCUT2D eigenvalue weighted by Gasteiger charge is 2.19. The first-order valence-electron chi connectivity index (χ1n) is 7.36. The van der Waals surface area contributed by atoms with Crippen molar-refractivity contribution in [2.75, 3.05) is 5.32 Å². The van der Waals surface area contributed by atoms with Crippen LogP contribution < -0.4 is 5.32 Å². The number of allylic oxidation sites excluding steroid dienone is 3. The summed E-state index contributed by atoms with van der Waals surface area (Å²) in [6, 6.07) is 6.11.